The highest BCUT2D eigenvalue weighted by molar-refractivity contribution is 9.10. The topological polar surface area (TPSA) is 98.8 Å². The van der Waals surface area contributed by atoms with E-state index in [4.69, 9.17) is 4.74 Å². The monoisotopic (exact) mass is 447 g/mol. The van der Waals surface area contributed by atoms with Crippen LogP contribution in [-0.2, 0) is 11.8 Å². The lowest BCUT2D eigenvalue weighted by molar-refractivity contribution is -0.385. The van der Waals surface area contributed by atoms with E-state index in [1.165, 1.54) is 12.1 Å². The molecule has 0 fully saturated rings. The minimum absolute atomic E-state index is 0.0168. The number of ether oxygens (including phenoxy) is 1. The second-order valence-electron chi connectivity index (χ2n) is 7.70. The Balaban J connectivity index is 1.83. The number of fused-ring (bicyclic) bond motifs is 2. The van der Waals surface area contributed by atoms with E-state index in [2.05, 4.69) is 15.9 Å². The summed E-state index contributed by atoms with van der Waals surface area (Å²) in [6, 6.07) is 7.86. The zero-order valence-electron chi connectivity index (χ0n) is 15.6. The molecule has 1 spiro atoms. The molecule has 0 radical (unpaired) electrons. The smallest absolute Gasteiger partial charge is 0.271 e. The lowest BCUT2D eigenvalue weighted by atomic mass is 9.74. The number of rotatable bonds is 2. The molecule has 9 heteroatoms. The summed E-state index contributed by atoms with van der Waals surface area (Å²) in [6.45, 7) is 4.03. The largest absolute Gasteiger partial charge is 0.466 e. The summed E-state index contributed by atoms with van der Waals surface area (Å²) in [4.78, 5) is 23.6. The molecule has 8 nitrogen and oxygen atoms in total. The molecule has 2 heterocycles. The Morgan fingerprint density at radius 1 is 1.11 bits per heavy atom. The van der Waals surface area contributed by atoms with Crippen molar-refractivity contribution in [3.63, 3.8) is 0 Å². The summed E-state index contributed by atoms with van der Waals surface area (Å²) < 4.78 is 7.07. The third-order valence-corrected chi connectivity index (χ3v) is 6.65. The van der Waals surface area contributed by atoms with E-state index in [1.807, 2.05) is 25.8 Å². The van der Waals surface area contributed by atoms with E-state index in [9.17, 15) is 20.2 Å². The molecule has 4 rings (SSSR count). The van der Waals surface area contributed by atoms with Gasteiger partial charge in [0, 0.05) is 49.0 Å². The Labute approximate surface area is 169 Å². The third-order valence-electron chi connectivity index (χ3n) is 6.06. The van der Waals surface area contributed by atoms with Crippen molar-refractivity contribution in [1.29, 1.82) is 0 Å². The Bertz CT molecular complexity index is 1040. The number of aryl methyl sites for hydroxylation is 1. The number of halogens is 1. The molecule has 2 aliphatic rings. The third kappa shape index (κ3) is 2.35. The number of hydrogen-bond donors (Lipinski definition) is 0. The highest BCUT2D eigenvalue weighted by atomic mass is 79.9. The van der Waals surface area contributed by atoms with Crippen molar-refractivity contribution in [2.75, 3.05) is 11.9 Å². The summed E-state index contributed by atoms with van der Waals surface area (Å²) in [5.74, 6) is 0.582. The molecule has 1 unspecified atom stereocenters. The fourth-order valence-electron chi connectivity index (χ4n) is 4.50. The maximum absolute atomic E-state index is 11.3. The van der Waals surface area contributed by atoms with Crippen molar-refractivity contribution in [1.82, 2.24) is 0 Å². The highest BCUT2D eigenvalue weighted by Gasteiger charge is 2.59. The lowest BCUT2D eigenvalue weighted by Crippen LogP contribution is -2.60. The zero-order chi connectivity index (χ0) is 20.4. The van der Waals surface area contributed by atoms with Crippen molar-refractivity contribution in [2.45, 2.75) is 37.8 Å². The molecule has 0 aliphatic carbocycles. The van der Waals surface area contributed by atoms with Gasteiger partial charge in [0.15, 0.2) is 5.72 Å². The summed E-state index contributed by atoms with van der Waals surface area (Å²) in [5, 5.41) is 22.4. The molecule has 0 N–H and O–H groups in total. The van der Waals surface area contributed by atoms with Crippen molar-refractivity contribution >= 4 is 33.0 Å². The molecule has 146 valence electrons. The molecule has 1 atom stereocenters. The molecule has 2 aromatic carbocycles. The van der Waals surface area contributed by atoms with Gasteiger partial charge < -0.3 is 9.64 Å². The molecule has 28 heavy (non-hydrogen) atoms. The molecule has 0 amide bonds. The number of nitro groups is 2. The fourth-order valence-corrected chi connectivity index (χ4v) is 5.07. The van der Waals surface area contributed by atoms with E-state index in [1.54, 1.807) is 18.2 Å². The molecular formula is C19H18BrN3O5. The number of benzene rings is 2. The van der Waals surface area contributed by atoms with E-state index < -0.39 is 21.0 Å². The van der Waals surface area contributed by atoms with E-state index in [0.717, 1.165) is 16.8 Å². The van der Waals surface area contributed by atoms with Crippen LogP contribution in [0.4, 0.5) is 17.1 Å². The van der Waals surface area contributed by atoms with Crippen molar-refractivity contribution in [3.8, 4) is 5.75 Å². The van der Waals surface area contributed by atoms with Gasteiger partial charge in [-0.15, -0.1) is 0 Å². The number of non-ortho nitro benzene ring substituents is 2. The van der Waals surface area contributed by atoms with E-state index in [0.29, 0.717) is 23.1 Å². The van der Waals surface area contributed by atoms with Gasteiger partial charge in [-0.05, 0) is 47.8 Å². The number of nitro benzene ring substituents is 2. The maximum atomic E-state index is 11.3. The first-order valence-corrected chi connectivity index (χ1v) is 9.56. The number of nitrogens with zero attached hydrogens (tertiary/aromatic N) is 3. The first kappa shape index (κ1) is 18.7. The van der Waals surface area contributed by atoms with Gasteiger partial charge in [-0.25, -0.2) is 0 Å². The summed E-state index contributed by atoms with van der Waals surface area (Å²) >= 11 is 3.42. The van der Waals surface area contributed by atoms with Crippen LogP contribution in [0.15, 0.2) is 34.8 Å². The van der Waals surface area contributed by atoms with Crippen LogP contribution in [0.25, 0.3) is 0 Å². The average molecular weight is 448 g/mol. The SMILES string of the molecule is CN1c2ccc([N+](=O)[O-])cc2C(C)(C)C12CCc1cc([N+](=O)[O-])cc(Br)c1O2. The summed E-state index contributed by atoms with van der Waals surface area (Å²) in [6.07, 6.45) is 1.19. The number of hydrogen-bond acceptors (Lipinski definition) is 6. The Kier molecular flexibility index (Phi) is 3.94. The first-order chi connectivity index (χ1) is 13.1. The standard InChI is InChI=1S/C19H18BrN3O5/c1-18(2)14-9-12(22(24)25)4-5-16(14)21(3)19(18)7-6-11-8-13(23(26)27)10-15(20)17(11)28-19/h4-5,8-10H,6-7H2,1-3H3. The molecule has 0 saturated carbocycles. The maximum Gasteiger partial charge on any atom is 0.271 e. The predicted molar refractivity (Wildman–Crippen MR) is 107 cm³/mol. The van der Waals surface area contributed by atoms with E-state index in [-0.39, 0.29) is 11.4 Å². The van der Waals surface area contributed by atoms with Crippen LogP contribution in [0.2, 0.25) is 0 Å². The van der Waals surface area contributed by atoms with Crippen LogP contribution in [-0.4, -0.2) is 22.6 Å². The summed E-state index contributed by atoms with van der Waals surface area (Å²) in [5.41, 5.74) is 1.28. The van der Waals surface area contributed by atoms with Crippen molar-refractivity contribution < 1.29 is 14.6 Å². The van der Waals surface area contributed by atoms with Gasteiger partial charge >= 0.3 is 0 Å². The van der Waals surface area contributed by atoms with Gasteiger partial charge in [0.25, 0.3) is 11.4 Å². The van der Waals surface area contributed by atoms with Gasteiger partial charge in [0.1, 0.15) is 5.75 Å². The van der Waals surface area contributed by atoms with Gasteiger partial charge in [-0.1, -0.05) is 0 Å². The molecule has 0 saturated heterocycles. The molecule has 2 aliphatic heterocycles. The minimum atomic E-state index is -0.754. The molecule has 0 aromatic heterocycles. The van der Waals surface area contributed by atoms with Crippen LogP contribution in [0, 0.1) is 20.2 Å². The fraction of sp³-hybridized carbons (Fsp3) is 0.368. The Morgan fingerprint density at radius 2 is 1.79 bits per heavy atom. The van der Waals surface area contributed by atoms with Crippen LogP contribution in [0.3, 0.4) is 0 Å². The first-order valence-electron chi connectivity index (χ1n) is 8.77. The van der Waals surface area contributed by atoms with Crippen LogP contribution < -0.4 is 9.64 Å². The van der Waals surface area contributed by atoms with Crippen molar-refractivity contribution in [3.05, 3.63) is 66.2 Å². The average Bonchev–Trinajstić information content (AvgIpc) is 2.80. The molecule has 2 aromatic rings. The lowest BCUT2D eigenvalue weighted by Gasteiger charge is -2.48. The van der Waals surface area contributed by atoms with Crippen LogP contribution in [0.1, 0.15) is 31.4 Å². The highest BCUT2D eigenvalue weighted by Crippen LogP contribution is 2.57. The number of likely N-dealkylation sites (N-methyl/N-ethyl adjacent to an activating group) is 1. The van der Waals surface area contributed by atoms with Gasteiger partial charge in [-0.3, -0.25) is 20.2 Å². The van der Waals surface area contributed by atoms with Crippen molar-refractivity contribution in [2.24, 2.45) is 0 Å². The van der Waals surface area contributed by atoms with Gasteiger partial charge in [-0.2, -0.15) is 0 Å². The predicted octanol–water partition coefficient (Wildman–Crippen LogP) is 4.71. The normalized spacial score (nSPS) is 21.8. The van der Waals surface area contributed by atoms with Crippen LogP contribution >= 0.6 is 15.9 Å². The Morgan fingerprint density at radius 3 is 2.43 bits per heavy atom. The Hall–Kier alpha value is -2.68. The molecule has 0 bridgehead atoms. The zero-order valence-corrected chi connectivity index (χ0v) is 17.1. The quantitative estimate of drug-likeness (QED) is 0.487. The van der Waals surface area contributed by atoms with Crippen LogP contribution in [0.5, 0.6) is 5.75 Å². The summed E-state index contributed by atoms with van der Waals surface area (Å²) in [7, 11) is 1.92. The van der Waals surface area contributed by atoms with Gasteiger partial charge in [0.2, 0.25) is 0 Å². The van der Waals surface area contributed by atoms with E-state index >= 15 is 0 Å². The second-order valence-corrected chi connectivity index (χ2v) is 8.56. The van der Waals surface area contributed by atoms with Gasteiger partial charge in [0.05, 0.1) is 19.7 Å². The second kappa shape index (κ2) is 5.91. The number of anilines is 1. The molecular weight excluding hydrogens is 430 g/mol. The minimum Gasteiger partial charge on any atom is -0.466 e.